The first-order valence-electron chi connectivity index (χ1n) is 19.2. The van der Waals surface area contributed by atoms with E-state index in [4.69, 9.17) is 34.3 Å². The number of fused-ring (bicyclic) bond motifs is 1. The van der Waals surface area contributed by atoms with E-state index in [2.05, 4.69) is 46.5 Å². The fourth-order valence-electron chi connectivity index (χ4n) is 6.77. The number of halogens is 2. The number of amidine groups is 1. The van der Waals surface area contributed by atoms with Crippen molar-refractivity contribution >= 4 is 97.9 Å². The summed E-state index contributed by atoms with van der Waals surface area (Å²) in [6.07, 6.45) is 4.73. The highest BCUT2D eigenvalue weighted by atomic mass is 35.5. The monoisotopic (exact) mass is 868 g/mol. The van der Waals surface area contributed by atoms with Crippen molar-refractivity contribution in [3.8, 4) is 0 Å². The molecule has 6 aromatic rings. The number of nitrogens with two attached hydrogens (primary N) is 1. The van der Waals surface area contributed by atoms with E-state index in [1.807, 2.05) is 17.0 Å². The lowest BCUT2D eigenvalue weighted by molar-refractivity contribution is 0.0947. The van der Waals surface area contributed by atoms with E-state index in [1.54, 1.807) is 58.0 Å². The Bertz CT molecular complexity index is 2630. The predicted octanol–water partition coefficient (Wildman–Crippen LogP) is 6.73. The molecule has 12 N–H and O–H groups in total. The molecular weight excluding hydrogens is 823 g/mol. The molecular formula is C42H46Cl2N12O5. The molecule has 6 rings (SSSR count). The zero-order chi connectivity index (χ0) is 44.0. The molecule has 0 radical (unpaired) electrons. The Balaban J connectivity index is 1.07. The van der Waals surface area contributed by atoms with Gasteiger partial charge in [0.15, 0.2) is 0 Å². The Morgan fingerprint density at radius 3 is 1.62 bits per heavy atom. The number of aromatic nitrogens is 4. The maximum absolute atomic E-state index is 13.6. The van der Waals surface area contributed by atoms with Gasteiger partial charge in [-0.05, 0) is 75.7 Å². The lowest BCUT2D eigenvalue weighted by Gasteiger charge is -2.22. The van der Waals surface area contributed by atoms with Crippen molar-refractivity contribution in [2.75, 3.05) is 57.6 Å². The highest BCUT2D eigenvalue weighted by molar-refractivity contribution is 6.19. The Hall–Kier alpha value is -6.98. The number of aryl methyl sites for hydroxylation is 1. The van der Waals surface area contributed by atoms with Crippen molar-refractivity contribution in [1.29, 1.82) is 5.41 Å². The SMILES string of the molecule is Cc1c(NC(=O)c2[nH]cc(NC(=O)c3[nH]cc(NC(=O)c4[nH]c5ccc(NC(=O)c6ccc(N(CCCl)CCCl)cc6)cc5c4C)c3C)c2C)c[nH]c1C(=O)NCCC(=N)N. The van der Waals surface area contributed by atoms with Gasteiger partial charge in [0.2, 0.25) is 0 Å². The fourth-order valence-corrected chi connectivity index (χ4v) is 7.18. The van der Waals surface area contributed by atoms with Gasteiger partial charge in [-0.1, -0.05) is 0 Å². The summed E-state index contributed by atoms with van der Waals surface area (Å²) < 4.78 is 0. The van der Waals surface area contributed by atoms with E-state index in [1.165, 1.54) is 18.6 Å². The van der Waals surface area contributed by atoms with E-state index < -0.39 is 23.6 Å². The first-order valence-corrected chi connectivity index (χ1v) is 20.3. The first-order chi connectivity index (χ1) is 29.2. The lowest BCUT2D eigenvalue weighted by Crippen LogP contribution is -2.28. The van der Waals surface area contributed by atoms with Crippen molar-refractivity contribution in [2.45, 2.75) is 34.1 Å². The van der Waals surface area contributed by atoms with Crippen LogP contribution in [0, 0.1) is 33.1 Å². The summed E-state index contributed by atoms with van der Waals surface area (Å²) in [4.78, 5) is 79.8. The number of nitrogens with zero attached hydrogens (tertiary/aromatic N) is 1. The Labute approximate surface area is 360 Å². The van der Waals surface area contributed by atoms with Gasteiger partial charge in [-0.25, -0.2) is 0 Å². The van der Waals surface area contributed by atoms with Crippen molar-refractivity contribution in [1.82, 2.24) is 25.3 Å². The molecule has 19 heteroatoms. The topological polar surface area (TPSA) is 262 Å². The minimum atomic E-state index is -0.499. The molecule has 0 aliphatic rings. The number of aromatic amines is 4. The molecule has 0 unspecified atom stereocenters. The number of hydrogen-bond donors (Lipinski definition) is 11. The number of H-pyrrole nitrogens is 4. The summed E-state index contributed by atoms with van der Waals surface area (Å²) in [5, 5.41) is 22.1. The van der Waals surface area contributed by atoms with E-state index in [0.717, 1.165) is 11.1 Å². The number of benzene rings is 2. The molecule has 0 aliphatic carbocycles. The summed E-state index contributed by atoms with van der Waals surface area (Å²) in [7, 11) is 0. The second kappa shape index (κ2) is 18.9. The maximum atomic E-state index is 13.6. The van der Waals surface area contributed by atoms with E-state index >= 15 is 0 Å². The smallest absolute Gasteiger partial charge is 0.272 e. The molecule has 4 aromatic heterocycles. The standard InChI is InChI=1S/C42H46Cl2N12O5/c1-21-28-17-26(51-38(57)25-5-8-27(9-6-25)56(15-12-43)16-13-44)7-10-29(28)52-37(21)42(61)55-32-20-50-36(24(32)4)41(60)54-31-19-49-35(23(31)3)40(59)53-30-18-48-34(22(30)2)39(58)47-14-11-33(45)46/h5-10,17-20,48-50,52H,11-16H2,1-4H3,(H3,45,46)(H,47,58)(H,51,57)(H,53,59)(H,54,60)(H,55,61). The van der Waals surface area contributed by atoms with Gasteiger partial charge in [0, 0.05) is 101 Å². The summed E-state index contributed by atoms with van der Waals surface area (Å²) in [5.74, 6) is -1.25. The van der Waals surface area contributed by atoms with Crippen LogP contribution in [0.25, 0.3) is 10.9 Å². The highest BCUT2D eigenvalue weighted by Crippen LogP contribution is 2.29. The van der Waals surface area contributed by atoms with Crippen LogP contribution in [0.15, 0.2) is 61.1 Å². The summed E-state index contributed by atoms with van der Waals surface area (Å²) in [5.41, 5.74) is 12.2. The van der Waals surface area contributed by atoms with Crippen molar-refractivity contribution < 1.29 is 24.0 Å². The quantitative estimate of drug-likeness (QED) is 0.0267. The van der Waals surface area contributed by atoms with Crippen LogP contribution in [0.3, 0.4) is 0 Å². The molecule has 0 atom stereocenters. The molecule has 0 aliphatic heterocycles. The van der Waals surface area contributed by atoms with Crippen LogP contribution in [0.1, 0.15) is 81.0 Å². The minimum absolute atomic E-state index is 0.0433. The summed E-state index contributed by atoms with van der Waals surface area (Å²) >= 11 is 11.9. The molecule has 2 aromatic carbocycles. The largest absolute Gasteiger partial charge is 0.388 e. The molecule has 318 valence electrons. The number of carbonyl (C=O) groups excluding carboxylic acids is 5. The third-order valence-electron chi connectivity index (χ3n) is 10.3. The van der Waals surface area contributed by atoms with Crippen LogP contribution in [0.4, 0.5) is 28.4 Å². The zero-order valence-corrected chi connectivity index (χ0v) is 35.3. The number of hydrogen-bond acceptors (Lipinski definition) is 7. The lowest BCUT2D eigenvalue weighted by atomic mass is 10.1. The van der Waals surface area contributed by atoms with Crippen LogP contribution < -0.4 is 37.2 Å². The molecule has 0 fully saturated rings. The van der Waals surface area contributed by atoms with Crippen LogP contribution in [0.2, 0.25) is 0 Å². The molecule has 0 spiro atoms. The molecule has 0 saturated carbocycles. The molecule has 5 amide bonds. The van der Waals surface area contributed by atoms with Crippen molar-refractivity contribution in [2.24, 2.45) is 5.73 Å². The predicted molar refractivity (Wildman–Crippen MR) is 240 cm³/mol. The number of carbonyl (C=O) groups is 5. The number of anilines is 5. The molecule has 61 heavy (non-hydrogen) atoms. The van der Waals surface area contributed by atoms with Crippen LogP contribution >= 0.6 is 23.2 Å². The van der Waals surface area contributed by atoms with E-state index in [0.29, 0.717) is 86.6 Å². The number of nitrogens with one attached hydrogen (secondary N) is 10. The average Bonchev–Trinajstić information content (AvgIpc) is 3.99. The van der Waals surface area contributed by atoms with Crippen LogP contribution in [-0.4, -0.2) is 86.7 Å². The maximum Gasteiger partial charge on any atom is 0.272 e. The van der Waals surface area contributed by atoms with Crippen LogP contribution in [0.5, 0.6) is 0 Å². The molecule has 0 saturated heterocycles. The Morgan fingerprint density at radius 1 is 0.639 bits per heavy atom. The number of alkyl halides is 2. The van der Waals surface area contributed by atoms with Gasteiger partial charge in [0.05, 0.1) is 22.9 Å². The van der Waals surface area contributed by atoms with Gasteiger partial charge in [-0.3, -0.25) is 29.4 Å². The van der Waals surface area contributed by atoms with Gasteiger partial charge in [-0.15, -0.1) is 23.2 Å². The Morgan fingerprint density at radius 2 is 1.13 bits per heavy atom. The minimum Gasteiger partial charge on any atom is -0.388 e. The third kappa shape index (κ3) is 9.74. The number of amides is 5. The molecule has 17 nitrogen and oxygen atoms in total. The normalized spacial score (nSPS) is 11.0. The molecule has 0 bridgehead atoms. The molecule has 4 heterocycles. The van der Waals surface area contributed by atoms with Gasteiger partial charge in [-0.2, -0.15) is 0 Å². The van der Waals surface area contributed by atoms with E-state index in [9.17, 15) is 24.0 Å². The zero-order valence-electron chi connectivity index (χ0n) is 33.8. The third-order valence-corrected chi connectivity index (χ3v) is 10.6. The number of rotatable bonds is 17. The van der Waals surface area contributed by atoms with E-state index in [-0.39, 0.29) is 41.8 Å². The van der Waals surface area contributed by atoms with Crippen LogP contribution in [-0.2, 0) is 0 Å². The summed E-state index contributed by atoms with van der Waals surface area (Å²) in [6, 6.07) is 12.5. The van der Waals surface area contributed by atoms with Gasteiger partial charge >= 0.3 is 0 Å². The fraction of sp³-hybridized carbons (Fsp3) is 0.238. The first kappa shape index (κ1) is 43.6. The van der Waals surface area contributed by atoms with Gasteiger partial charge in [0.25, 0.3) is 29.5 Å². The van der Waals surface area contributed by atoms with Gasteiger partial charge in [0.1, 0.15) is 22.8 Å². The second-order valence-corrected chi connectivity index (χ2v) is 15.0. The average molecular weight is 870 g/mol. The summed E-state index contributed by atoms with van der Waals surface area (Å²) in [6.45, 7) is 8.31. The second-order valence-electron chi connectivity index (χ2n) is 14.3. The van der Waals surface area contributed by atoms with Gasteiger partial charge < -0.3 is 57.2 Å². The van der Waals surface area contributed by atoms with Crippen molar-refractivity contribution in [3.05, 3.63) is 112 Å². The Kier molecular flexibility index (Phi) is 13.5. The highest BCUT2D eigenvalue weighted by Gasteiger charge is 2.23. The van der Waals surface area contributed by atoms with Crippen molar-refractivity contribution in [3.63, 3.8) is 0 Å².